The molecule has 0 amide bonds. The fourth-order valence-corrected chi connectivity index (χ4v) is 2.19. The molecule has 2 heterocycles. The standard InChI is InChI=1S/C15H15N3/c1-10-2-3-14-12(6-10)13(9-18-14)15-7-11(8-16)4-5-17-15/h2-7,9,18H,8,16H2,1H3. The molecule has 18 heavy (non-hydrogen) atoms. The van der Waals surface area contributed by atoms with Crippen LogP contribution < -0.4 is 5.73 Å². The number of pyridine rings is 1. The number of nitrogens with two attached hydrogens (primary N) is 1. The summed E-state index contributed by atoms with van der Waals surface area (Å²) in [5, 5.41) is 1.21. The fourth-order valence-electron chi connectivity index (χ4n) is 2.19. The quantitative estimate of drug-likeness (QED) is 0.720. The maximum Gasteiger partial charge on any atom is 0.0726 e. The third kappa shape index (κ3) is 1.79. The van der Waals surface area contributed by atoms with E-state index in [0.717, 1.165) is 22.3 Å². The molecule has 0 spiro atoms. The Labute approximate surface area is 106 Å². The molecule has 0 bridgehead atoms. The molecule has 0 radical (unpaired) electrons. The van der Waals surface area contributed by atoms with Crippen molar-refractivity contribution >= 4 is 10.9 Å². The van der Waals surface area contributed by atoms with Crippen LogP contribution in [0.1, 0.15) is 11.1 Å². The average molecular weight is 237 g/mol. The molecular weight excluding hydrogens is 222 g/mol. The highest BCUT2D eigenvalue weighted by molar-refractivity contribution is 5.95. The number of rotatable bonds is 2. The van der Waals surface area contributed by atoms with Crippen molar-refractivity contribution < 1.29 is 0 Å². The first-order valence-electron chi connectivity index (χ1n) is 6.01. The van der Waals surface area contributed by atoms with Gasteiger partial charge in [-0.05, 0) is 36.8 Å². The van der Waals surface area contributed by atoms with E-state index in [4.69, 9.17) is 5.73 Å². The first kappa shape index (κ1) is 11.0. The molecule has 2 aromatic heterocycles. The lowest BCUT2D eigenvalue weighted by atomic mass is 10.1. The van der Waals surface area contributed by atoms with Crippen LogP contribution in [0, 0.1) is 6.92 Å². The SMILES string of the molecule is Cc1ccc2[nH]cc(-c3cc(CN)ccn3)c2c1. The van der Waals surface area contributed by atoms with E-state index in [9.17, 15) is 0 Å². The number of fused-ring (bicyclic) bond motifs is 1. The molecule has 0 atom stereocenters. The second-order valence-electron chi connectivity index (χ2n) is 4.50. The minimum Gasteiger partial charge on any atom is -0.360 e. The maximum absolute atomic E-state index is 5.67. The van der Waals surface area contributed by atoms with Crippen LogP contribution in [0.4, 0.5) is 0 Å². The molecule has 0 unspecified atom stereocenters. The Bertz CT molecular complexity index is 698. The summed E-state index contributed by atoms with van der Waals surface area (Å²) in [5.74, 6) is 0. The number of aromatic amines is 1. The summed E-state index contributed by atoms with van der Waals surface area (Å²) in [6, 6.07) is 10.4. The second kappa shape index (κ2) is 4.27. The molecule has 3 heteroatoms. The van der Waals surface area contributed by atoms with Crippen LogP contribution in [-0.2, 0) is 6.54 Å². The van der Waals surface area contributed by atoms with Crippen molar-refractivity contribution in [1.82, 2.24) is 9.97 Å². The molecule has 0 fully saturated rings. The third-order valence-electron chi connectivity index (χ3n) is 3.17. The number of H-pyrrole nitrogens is 1. The van der Waals surface area contributed by atoms with Crippen molar-refractivity contribution in [2.24, 2.45) is 5.73 Å². The van der Waals surface area contributed by atoms with E-state index in [0.29, 0.717) is 6.54 Å². The lowest BCUT2D eigenvalue weighted by molar-refractivity contribution is 1.06. The van der Waals surface area contributed by atoms with E-state index in [2.05, 4.69) is 35.1 Å². The van der Waals surface area contributed by atoms with Crippen molar-refractivity contribution in [2.75, 3.05) is 0 Å². The van der Waals surface area contributed by atoms with Crippen LogP contribution >= 0.6 is 0 Å². The molecular formula is C15H15N3. The lowest BCUT2D eigenvalue weighted by Gasteiger charge is -2.02. The van der Waals surface area contributed by atoms with E-state index in [1.807, 2.05) is 24.5 Å². The van der Waals surface area contributed by atoms with Crippen molar-refractivity contribution in [1.29, 1.82) is 0 Å². The summed E-state index contributed by atoms with van der Waals surface area (Å²) in [7, 11) is 0. The van der Waals surface area contributed by atoms with Gasteiger partial charge in [-0.15, -0.1) is 0 Å². The topological polar surface area (TPSA) is 54.7 Å². The number of hydrogen-bond donors (Lipinski definition) is 2. The Hall–Kier alpha value is -2.13. The zero-order valence-electron chi connectivity index (χ0n) is 10.3. The molecule has 0 aliphatic carbocycles. The number of aryl methyl sites for hydroxylation is 1. The van der Waals surface area contributed by atoms with Gasteiger partial charge < -0.3 is 10.7 Å². The molecule has 3 aromatic rings. The number of nitrogens with zero attached hydrogens (tertiary/aromatic N) is 1. The lowest BCUT2D eigenvalue weighted by Crippen LogP contribution is -1.96. The van der Waals surface area contributed by atoms with Crippen molar-refractivity contribution in [2.45, 2.75) is 13.5 Å². The summed E-state index contributed by atoms with van der Waals surface area (Å²) >= 11 is 0. The second-order valence-corrected chi connectivity index (χ2v) is 4.50. The monoisotopic (exact) mass is 237 g/mol. The minimum atomic E-state index is 0.539. The Morgan fingerprint density at radius 3 is 2.94 bits per heavy atom. The number of benzene rings is 1. The minimum absolute atomic E-state index is 0.539. The van der Waals surface area contributed by atoms with Crippen molar-refractivity contribution in [3.8, 4) is 11.3 Å². The molecule has 3 N–H and O–H groups in total. The van der Waals surface area contributed by atoms with Crippen LogP contribution in [0.2, 0.25) is 0 Å². The summed E-state index contributed by atoms with van der Waals surface area (Å²) in [6.45, 7) is 2.64. The van der Waals surface area contributed by atoms with Gasteiger partial charge in [0.25, 0.3) is 0 Å². The molecule has 90 valence electrons. The number of hydrogen-bond acceptors (Lipinski definition) is 2. The van der Waals surface area contributed by atoms with Gasteiger partial charge in [-0.25, -0.2) is 0 Å². The molecule has 0 aliphatic rings. The first-order chi connectivity index (χ1) is 8.78. The van der Waals surface area contributed by atoms with Gasteiger partial charge in [0, 0.05) is 35.4 Å². The largest absolute Gasteiger partial charge is 0.360 e. The Morgan fingerprint density at radius 2 is 2.11 bits per heavy atom. The molecule has 1 aromatic carbocycles. The predicted molar refractivity (Wildman–Crippen MR) is 74.2 cm³/mol. The molecule has 3 nitrogen and oxygen atoms in total. The van der Waals surface area contributed by atoms with Gasteiger partial charge in [-0.3, -0.25) is 4.98 Å². The van der Waals surface area contributed by atoms with Gasteiger partial charge in [0.05, 0.1) is 5.69 Å². The summed E-state index contributed by atoms with van der Waals surface area (Å²) < 4.78 is 0. The Balaban J connectivity index is 2.21. The number of aromatic nitrogens is 2. The van der Waals surface area contributed by atoms with Crippen LogP contribution in [0.25, 0.3) is 22.2 Å². The normalized spacial score (nSPS) is 11.0. The third-order valence-corrected chi connectivity index (χ3v) is 3.17. The van der Waals surface area contributed by atoms with Crippen molar-refractivity contribution in [3.63, 3.8) is 0 Å². The van der Waals surface area contributed by atoms with Gasteiger partial charge >= 0.3 is 0 Å². The maximum atomic E-state index is 5.67. The van der Waals surface area contributed by atoms with Crippen LogP contribution in [0.5, 0.6) is 0 Å². The zero-order valence-corrected chi connectivity index (χ0v) is 10.3. The Kier molecular flexibility index (Phi) is 2.61. The fraction of sp³-hybridized carbons (Fsp3) is 0.133. The van der Waals surface area contributed by atoms with E-state index in [1.165, 1.54) is 10.9 Å². The predicted octanol–water partition coefficient (Wildman–Crippen LogP) is 3.00. The van der Waals surface area contributed by atoms with Gasteiger partial charge in [-0.1, -0.05) is 11.6 Å². The zero-order chi connectivity index (χ0) is 12.5. The first-order valence-corrected chi connectivity index (χ1v) is 6.01. The van der Waals surface area contributed by atoms with Gasteiger partial charge in [0.2, 0.25) is 0 Å². The van der Waals surface area contributed by atoms with Crippen LogP contribution in [0.15, 0.2) is 42.7 Å². The summed E-state index contributed by atoms with van der Waals surface area (Å²) in [6.07, 6.45) is 3.82. The highest BCUT2D eigenvalue weighted by atomic mass is 14.7. The van der Waals surface area contributed by atoms with Gasteiger partial charge in [0.15, 0.2) is 0 Å². The summed E-state index contributed by atoms with van der Waals surface area (Å²) in [5.41, 5.74) is 11.3. The smallest absolute Gasteiger partial charge is 0.0726 e. The highest BCUT2D eigenvalue weighted by Gasteiger charge is 2.07. The van der Waals surface area contributed by atoms with E-state index in [1.54, 1.807) is 0 Å². The van der Waals surface area contributed by atoms with E-state index in [-0.39, 0.29) is 0 Å². The highest BCUT2D eigenvalue weighted by Crippen LogP contribution is 2.28. The van der Waals surface area contributed by atoms with Gasteiger partial charge in [-0.2, -0.15) is 0 Å². The van der Waals surface area contributed by atoms with E-state index >= 15 is 0 Å². The summed E-state index contributed by atoms with van der Waals surface area (Å²) in [4.78, 5) is 7.71. The average Bonchev–Trinajstić information content (AvgIpc) is 2.81. The number of nitrogens with one attached hydrogen (secondary N) is 1. The molecule has 0 saturated carbocycles. The van der Waals surface area contributed by atoms with E-state index < -0.39 is 0 Å². The molecule has 0 aliphatic heterocycles. The molecule has 3 rings (SSSR count). The molecule has 0 saturated heterocycles. The van der Waals surface area contributed by atoms with Gasteiger partial charge in [0.1, 0.15) is 0 Å². The Morgan fingerprint density at radius 1 is 1.22 bits per heavy atom. The van der Waals surface area contributed by atoms with Crippen LogP contribution in [0.3, 0.4) is 0 Å². The van der Waals surface area contributed by atoms with Crippen molar-refractivity contribution in [3.05, 3.63) is 53.9 Å². The van der Waals surface area contributed by atoms with Crippen LogP contribution in [-0.4, -0.2) is 9.97 Å².